The first kappa shape index (κ1) is 7.40. The van der Waals surface area contributed by atoms with Gasteiger partial charge in [-0.05, 0) is 0 Å². The van der Waals surface area contributed by atoms with Crippen LogP contribution in [0, 0.1) is 0 Å². The maximum absolute atomic E-state index is 4.27. The summed E-state index contributed by atoms with van der Waals surface area (Å²) < 4.78 is 7.20. The first-order valence-electron chi connectivity index (χ1n) is 1.30. The van der Waals surface area contributed by atoms with Crippen molar-refractivity contribution in [3.05, 3.63) is 0 Å². The third kappa shape index (κ3) is 6.40. The van der Waals surface area contributed by atoms with E-state index in [1.54, 1.807) is 0 Å². The van der Waals surface area contributed by atoms with Crippen LogP contribution >= 0.6 is 24.4 Å². The van der Waals surface area contributed by atoms with E-state index in [4.69, 9.17) is 0 Å². The van der Waals surface area contributed by atoms with Crippen molar-refractivity contribution < 1.29 is 0 Å². The molecule has 0 heterocycles. The maximum atomic E-state index is 4.27. The van der Waals surface area contributed by atoms with Crippen LogP contribution in [0.1, 0.15) is 0 Å². The van der Waals surface area contributed by atoms with Gasteiger partial charge in [0.1, 0.15) is 0 Å². The molecular formula is C2N2S2Sn. The van der Waals surface area contributed by atoms with Crippen molar-refractivity contribution in [3.63, 3.8) is 0 Å². The summed E-state index contributed by atoms with van der Waals surface area (Å²) in [7, 11) is 0. The van der Waals surface area contributed by atoms with Crippen LogP contribution in [0.25, 0.3) is 0 Å². The van der Waals surface area contributed by atoms with E-state index in [0.29, 0.717) is 0 Å². The van der Waals surface area contributed by atoms with Crippen LogP contribution in [0.5, 0.6) is 0 Å². The molecule has 0 unspecified atom stereocenters. The minimum absolute atomic E-state index is 0.999. The summed E-state index contributed by atoms with van der Waals surface area (Å²) >= 11 is 7.54. The van der Waals surface area contributed by atoms with E-state index in [1.165, 1.54) is 0 Å². The van der Waals surface area contributed by atoms with Gasteiger partial charge in [0.2, 0.25) is 0 Å². The molecule has 0 spiro atoms. The monoisotopic (exact) mass is 236 g/mol. The molecular weight excluding hydrogens is 235 g/mol. The van der Waals surface area contributed by atoms with Crippen molar-refractivity contribution in [3.8, 4) is 0 Å². The van der Waals surface area contributed by atoms with Gasteiger partial charge in [0, 0.05) is 0 Å². The quantitative estimate of drug-likeness (QED) is 0.400. The number of thiocarbonyl (C=S) groups is 2. The third-order valence-corrected chi connectivity index (χ3v) is 2.51. The molecule has 0 aliphatic heterocycles. The van der Waals surface area contributed by atoms with E-state index < -0.39 is 21.7 Å². The van der Waals surface area contributed by atoms with Crippen molar-refractivity contribution in [2.45, 2.75) is 0 Å². The molecule has 0 aliphatic rings. The fourth-order valence-corrected chi connectivity index (χ4v) is 0.989. The average molecular weight is 235 g/mol. The van der Waals surface area contributed by atoms with E-state index >= 15 is 0 Å². The Kier molecular flexibility index (Phi) is 6.76. The molecule has 0 aromatic rings. The fourth-order valence-electron chi connectivity index (χ4n) is 0.0658. The Morgan fingerprint density at radius 2 is 1.57 bits per heavy atom. The molecule has 0 aromatic heterocycles. The van der Waals surface area contributed by atoms with Crippen molar-refractivity contribution in [2.24, 2.45) is 6.43 Å². The molecule has 2 radical (unpaired) electrons. The van der Waals surface area contributed by atoms with Crippen molar-refractivity contribution in [2.75, 3.05) is 0 Å². The minimum atomic E-state index is -0.999. The van der Waals surface area contributed by atoms with Gasteiger partial charge in [-0.1, -0.05) is 0 Å². The van der Waals surface area contributed by atoms with Gasteiger partial charge in [0.25, 0.3) is 0 Å². The van der Waals surface area contributed by atoms with E-state index in [1.807, 2.05) is 0 Å². The molecule has 0 atom stereocenters. The summed E-state index contributed by atoms with van der Waals surface area (Å²) in [5.41, 5.74) is 0. The van der Waals surface area contributed by atoms with Crippen molar-refractivity contribution >= 4 is 56.4 Å². The van der Waals surface area contributed by atoms with Crippen LogP contribution in [0.2, 0.25) is 0 Å². The molecule has 0 fully saturated rings. The number of isothiocyanates is 2. The van der Waals surface area contributed by atoms with Gasteiger partial charge in [-0.2, -0.15) is 0 Å². The van der Waals surface area contributed by atoms with Crippen LogP contribution in [-0.4, -0.2) is 32.0 Å². The van der Waals surface area contributed by atoms with Gasteiger partial charge >= 0.3 is 62.9 Å². The summed E-state index contributed by atoms with van der Waals surface area (Å²) in [5.74, 6) is 0. The van der Waals surface area contributed by atoms with Gasteiger partial charge in [-0.3, -0.25) is 0 Å². The zero-order valence-corrected chi connectivity index (χ0v) is 7.70. The second-order valence-electron chi connectivity index (χ2n) is 0.506. The molecule has 34 valence electrons. The summed E-state index contributed by atoms with van der Waals surface area (Å²) in [6.45, 7) is 0. The Morgan fingerprint density at radius 1 is 1.14 bits per heavy atom. The van der Waals surface area contributed by atoms with Gasteiger partial charge in [-0.15, -0.1) is 0 Å². The Morgan fingerprint density at radius 3 is 1.86 bits per heavy atom. The molecule has 0 aromatic carbocycles. The number of rotatable bonds is 2. The van der Waals surface area contributed by atoms with E-state index in [2.05, 4.69) is 41.2 Å². The van der Waals surface area contributed by atoms with Gasteiger partial charge < -0.3 is 0 Å². The third-order valence-electron chi connectivity index (χ3n) is 0.191. The summed E-state index contributed by atoms with van der Waals surface area (Å²) in [6, 6.07) is 0. The molecule has 0 N–H and O–H groups in total. The zero-order chi connectivity index (χ0) is 5.54. The van der Waals surface area contributed by atoms with Crippen LogP contribution < -0.4 is 0 Å². The van der Waals surface area contributed by atoms with Crippen molar-refractivity contribution in [1.29, 1.82) is 0 Å². The van der Waals surface area contributed by atoms with E-state index in [0.717, 1.165) is 0 Å². The van der Waals surface area contributed by atoms with Crippen LogP contribution in [0.4, 0.5) is 0 Å². The van der Waals surface area contributed by atoms with Gasteiger partial charge in [-0.25, -0.2) is 0 Å². The first-order chi connectivity index (χ1) is 3.41. The van der Waals surface area contributed by atoms with Crippen LogP contribution in [0.15, 0.2) is 6.43 Å². The topological polar surface area (TPSA) is 24.7 Å². The molecule has 0 amide bonds. The number of hydrogen-bond acceptors (Lipinski definition) is 4. The summed E-state index contributed by atoms with van der Waals surface area (Å²) in [4.78, 5) is 0. The molecule has 5 heteroatoms. The molecule has 0 aliphatic carbocycles. The standard InChI is InChI=1S/2CNS.Sn/c2*2-1-3;/q2*-1;+2. The van der Waals surface area contributed by atoms with Crippen molar-refractivity contribution in [1.82, 2.24) is 0 Å². The predicted molar refractivity (Wildman–Crippen MR) is 35.8 cm³/mol. The fraction of sp³-hybridized carbons (Fsp3) is 0. The average Bonchev–Trinajstić information content (AvgIpc) is 1.69. The van der Waals surface area contributed by atoms with Crippen LogP contribution in [-0.2, 0) is 0 Å². The Hall–Kier alpha value is 0.399. The molecule has 0 bridgehead atoms. The Labute approximate surface area is 62.7 Å². The Bertz CT molecular complexity index is 117. The molecule has 0 saturated heterocycles. The van der Waals surface area contributed by atoms with E-state index in [-0.39, 0.29) is 0 Å². The second-order valence-corrected chi connectivity index (χ2v) is 2.72. The summed E-state index contributed by atoms with van der Waals surface area (Å²) in [5, 5.41) is 4.41. The second kappa shape index (κ2) is 6.40. The van der Waals surface area contributed by atoms with Gasteiger partial charge in [0.15, 0.2) is 0 Å². The number of hydrogen-bond donors (Lipinski definition) is 0. The molecule has 7 heavy (non-hydrogen) atoms. The molecule has 2 nitrogen and oxygen atoms in total. The van der Waals surface area contributed by atoms with E-state index in [9.17, 15) is 0 Å². The summed E-state index contributed by atoms with van der Waals surface area (Å²) in [6.07, 6.45) is 0. The molecule has 0 rings (SSSR count). The van der Waals surface area contributed by atoms with Gasteiger partial charge in [0.05, 0.1) is 0 Å². The van der Waals surface area contributed by atoms with Crippen LogP contribution in [0.3, 0.4) is 0 Å². The Balaban J connectivity index is 3.33. The SMILES string of the molecule is S=C=[N][Sn][N]=C=S. The zero-order valence-electron chi connectivity index (χ0n) is 3.21. The first-order valence-corrected chi connectivity index (χ1v) is 4.67. The normalized spacial score (nSPS) is 5.71. The number of nitrogens with zero attached hydrogens (tertiary/aromatic N) is 2. The molecule has 0 saturated carbocycles. The predicted octanol–water partition coefficient (Wildman–Crippen LogP) is 0.726.